The van der Waals surface area contributed by atoms with Gasteiger partial charge in [-0.15, -0.1) is 0 Å². The summed E-state index contributed by atoms with van der Waals surface area (Å²) in [6.07, 6.45) is 0. The molecule has 0 saturated heterocycles. The van der Waals surface area contributed by atoms with Crippen molar-refractivity contribution in [3.05, 3.63) is 28.2 Å². The van der Waals surface area contributed by atoms with Crippen LogP contribution in [0.5, 0.6) is 5.75 Å². The molecule has 0 spiro atoms. The average molecular weight is 261 g/mol. The maximum atomic E-state index is 5.10. The van der Waals surface area contributed by atoms with Gasteiger partial charge < -0.3 is 4.74 Å². The summed E-state index contributed by atoms with van der Waals surface area (Å²) in [6, 6.07) is 5.97. The molecular weight excluding hydrogens is 240 g/mol. The Morgan fingerprint density at radius 3 is 1.93 bits per heavy atom. The molecule has 0 radical (unpaired) electrons. The van der Waals surface area contributed by atoms with E-state index in [1.54, 1.807) is 7.11 Å². The zero-order valence-electron chi connectivity index (χ0n) is 10.0. The van der Waals surface area contributed by atoms with Gasteiger partial charge in [-0.1, -0.05) is 49.7 Å². The smallest absolute Gasteiger partial charge is 0.122 e. The summed E-state index contributed by atoms with van der Waals surface area (Å²) in [5.41, 5.74) is 1.16. The first kappa shape index (κ1) is 15.9. The number of aryl methyl sites for hydroxylation is 1. The van der Waals surface area contributed by atoms with Crippen molar-refractivity contribution in [2.45, 2.75) is 34.6 Å². The molecule has 0 fully saturated rings. The normalized spacial score (nSPS) is 7.64. The second kappa shape index (κ2) is 10.6. The molecule has 0 aliphatic heterocycles. The predicted molar refractivity (Wildman–Crippen MR) is 68.1 cm³/mol. The highest BCUT2D eigenvalue weighted by Gasteiger charge is 1.95. The standard InChI is InChI=1S/C8H9BrO.2C2H6/c1-6-3-4-7(9)5-8(6)10-2;2*1-2/h3-5H,1-2H3;2*1-2H3. The van der Waals surface area contributed by atoms with Crippen molar-refractivity contribution in [2.75, 3.05) is 7.11 Å². The van der Waals surface area contributed by atoms with Gasteiger partial charge in [-0.3, -0.25) is 0 Å². The maximum absolute atomic E-state index is 5.10. The van der Waals surface area contributed by atoms with Gasteiger partial charge in [0.1, 0.15) is 5.75 Å². The Bertz CT molecular complexity index is 234. The maximum Gasteiger partial charge on any atom is 0.122 e. The molecule has 0 aromatic heterocycles. The Hall–Kier alpha value is -0.500. The lowest BCUT2D eigenvalue weighted by molar-refractivity contribution is 0.411. The molecule has 1 aromatic carbocycles. The number of methoxy groups -OCH3 is 1. The lowest BCUT2D eigenvalue weighted by Crippen LogP contribution is -1.85. The third-order valence-electron chi connectivity index (χ3n) is 1.37. The van der Waals surface area contributed by atoms with Gasteiger partial charge in [0.2, 0.25) is 0 Å². The number of hydrogen-bond donors (Lipinski definition) is 0. The monoisotopic (exact) mass is 260 g/mol. The van der Waals surface area contributed by atoms with E-state index in [4.69, 9.17) is 4.74 Å². The zero-order valence-corrected chi connectivity index (χ0v) is 11.6. The van der Waals surface area contributed by atoms with Crippen molar-refractivity contribution in [3.8, 4) is 5.75 Å². The van der Waals surface area contributed by atoms with E-state index in [0.717, 1.165) is 15.8 Å². The fraction of sp³-hybridized carbons (Fsp3) is 0.500. The van der Waals surface area contributed by atoms with Gasteiger partial charge >= 0.3 is 0 Å². The first-order valence-electron chi connectivity index (χ1n) is 5.04. The van der Waals surface area contributed by atoms with Crippen LogP contribution in [0.2, 0.25) is 0 Å². The zero-order chi connectivity index (χ0) is 11.6. The summed E-state index contributed by atoms with van der Waals surface area (Å²) in [6.45, 7) is 10.0. The van der Waals surface area contributed by atoms with Crippen molar-refractivity contribution >= 4 is 15.9 Å². The van der Waals surface area contributed by atoms with E-state index in [-0.39, 0.29) is 0 Å². The number of benzene rings is 1. The fourth-order valence-corrected chi connectivity index (χ4v) is 1.13. The minimum atomic E-state index is 0.925. The highest BCUT2D eigenvalue weighted by molar-refractivity contribution is 9.10. The summed E-state index contributed by atoms with van der Waals surface area (Å²) < 4.78 is 6.15. The van der Waals surface area contributed by atoms with Crippen molar-refractivity contribution < 1.29 is 4.74 Å². The van der Waals surface area contributed by atoms with E-state index in [1.807, 2.05) is 52.8 Å². The van der Waals surface area contributed by atoms with Crippen molar-refractivity contribution in [2.24, 2.45) is 0 Å². The summed E-state index contributed by atoms with van der Waals surface area (Å²) >= 11 is 3.36. The van der Waals surface area contributed by atoms with Gasteiger partial charge in [0, 0.05) is 4.47 Å². The van der Waals surface area contributed by atoms with E-state index in [2.05, 4.69) is 15.9 Å². The highest BCUT2D eigenvalue weighted by Crippen LogP contribution is 2.21. The Labute approximate surface area is 96.6 Å². The molecule has 0 saturated carbocycles. The highest BCUT2D eigenvalue weighted by atomic mass is 79.9. The van der Waals surface area contributed by atoms with E-state index >= 15 is 0 Å². The van der Waals surface area contributed by atoms with Gasteiger partial charge in [-0.25, -0.2) is 0 Å². The largest absolute Gasteiger partial charge is 0.496 e. The third kappa shape index (κ3) is 6.03. The number of ether oxygens (including phenoxy) is 1. The summed E-state index contributed by atoms with van der Waals surface area (Å²) in [5, 5.41) is 0. The molecule has 82 valence electrons. The first-order valence-corrected chi connectivity index (χ1v) is 5.83. The Morgan fingerprint density at radius 1 is 1.07 bits per heavy atom. The van der Waals surface area contributed by atoms with Gasteiger partial charge in [-0.2, -0.15) is 0 Å². The van der Waals surface area contributed by atoms with Crippen LogP contribution >= 0.6 is 15.9 Å². The quantitative estimate of drug-likeness (QED) is 0.704. The molecule has 0 unspecified atom stereocenters. The van der Waals surface area contributed by atoms with E-state index < -0.39 is 0 Å². The SMILES string of the molecule is CC.CC.COc1cc(Br)ccc1C. The fourth-order valence-electron chi connectivity index (χ4n) is 0.794. The van der Waals surface area contributed by atoms with Crippen molar-refractivity contribution in [3.63, 3.8) is 0 Å². The van der Waals surface area contributed by atoms with Crippen LogP contribution in [0.3, 0.4) is 0 Å². The average Bonchev–Trinajstić information content (AvgIpc) is 2.27. The van der Waals surface area contributed by atoms with Crippen LogP contribution in [-0.2, 0) is 0 Å². The van der Waals surface area contributed by atoms with E-state index in [1.165, 1.54) is 0 Å². The molecule has 1 rings (SSSR count). The Kier molecular flexibility index (Phi) is 12.1. The Balaban J connectivity index is 0. The molecule has 0 atom stereocenters. The van der Waals surface area contributed by atoms with Gasteiger partial charge in [-0.05, 0) is 24.6 Å². The summed E-state index contributed by atoms with van der Waals surface area (Å²) in [5.74, 6) is 0.925. The molecule has 0 bridgehead atoms. The minimum absolute atomic E-state index is 0.925. The van der Waals surface area contributed by atoms with Gasteiger partial charge in [0.25, 0.3) is 0 Å². The molecule has 0 N–H and O–H groups in total. The lowest BCUT2D eigenvalue weighted by Gasteiger charge is -2.02. The number of rotatable bonds is 1. The minimum Gasteiger partial charge on any atom is -0.496 e. The van der Waals surface area contributed by atoms with Gasteiger partial charge in [0.15, 0.2) is 0 Å². The molecule has 0 heterocycles. The van der Waals surface area contributed by atoms with Crippen LogP contribution in [0.4, 0.5) is 0 Å². The first-order chi connectivity index (χ1) is 6.74. The molecule has 1 aromatic rings. The van der Waals surface area contributed by atoms with Crippen LogP contribution in [-0.4, -0.2) is 7.11 Å². The molecule has 1 nitrogen and oxygen atoms in total. The van der Waals surface area contributed by atoms with Crippen LogP contribution in [0.25, 0.3) is 0 Å². The molecule has 0 amide bonds. The second-order valence-electron chi connectivity index (χ2n) is 2.11. The van der Waals surface area contributed by atoms with Crippen LogP contribution in [0.15, 0.2) is 22.7 Å². The Morgan fingerprint density at radius 2 is 1.57 bits per heavy atom. The van der Waals surface area contributed by atoms with Crippen LogP contribution < -0.4 is 4.74 Å². The molecule has 0 aliphatic carbocycles. The number of hydrogen-bond acceptors (Lipinski definition) is 1. The van der Waals surface area contributed by atoms with Crippen molar-refractivity contribution in [1.82, 2.24) is 0 Å². The second-order valence-corrected chi connectivity index (χ2v) is 3.03. The summed E-state index contributed by atoms with van der Waals surface area (Å²) in [4.78, 5) is 0. The third-order valence-corrected chi connectivity index (χ3v) is 1.86. The lowest BCUT2D eigenvalue weighted by atomic mass is 10.2. The molecule has 14 heavy (non-hydrogen) atoms. The van der Waals surface area contributed by atoms with Crippen molar-refractivity contribution in [1.29, 1.82) is 0 Å². The molecule has 2 heteroatoms. The topological polar surface area (TPSA) is 9.23 Å². The van der Waals surface area contributed by atoms with Crippen LogP contribution in [0.1, 0.15) is 33.3 Å². The molecule has 0 aliphatic rings. The van der Waals surface area contributed by atoms with E-state index in [0.29, 0.717) is 0 Å². The predicted octanol–water partition coefficient (Wildman–Crippen LogP) is 4.82. The molecular formula is C12H21BrO. The van der Waals surface area contributed by atoms with E-state index in [9.17, 15) is 0 Å². The number of halogens is 1. The van der Waals surface area contributed by atoms with Gasteiger partial charge in [0.05, 0.1) is 7.11 Å². The van der Waals surface area contributed by atoms with Crippen LogP contribution in [0, 0.1) is 6.92 Å². The summed E-state index contributed by atoms with van der Waals surface area (Å²) in [7, 11) is 1.68.